The Morgan fingerprint density at radius 1 is 1.14 bits per heavy atom. The van der Waals surface area contributed by atoms with Crippen molar-refractivity contribution in [3.05, 3.63) is 0 Å². The molecule has 0 spiro atoms. The molecule has 0 aromatic carbocycles. The van der Waals surface area contributed by atoms with E-state index < -0.39 is 0 Å². The minimum absolute atomic E-state index is 0.441. The highest BCUT2D eigenvalue weighted by atomic mass is 16.5. The molecule has 4 nitrogen and oxygen atoms in total. The Bertz CT molecular complexity index is 333. The standard InChI is InChI=1S/C18H35N3O/c1-19-17(20-13-9-16-7-4-3-5-8-16)21-15-18(10-6-11-18)12-14-22-2/h16H,3-15H2,1-2H3,(H2,19,20,21). The summed E-state index contributed by atoms with van der Waals surface area (Å²) >= 11 is 0. The zero-order chi connectivity index (χ0) is 15.7. The summed E-state index contributed by atoms with van der Waals surface area (Å²) in [5, 5.41) is 7.04. The highest BCUT2D eigenvalue weighted by Gasteiger charge is 2.36. The average Bonchev–Trinajstić information content (AvgIpc) is 2.52. The summed E-state index contributed by atoms with van der Waals surface area (Å²) in [6.07, 6.45) is 13.6. The van der Waals surface area contributed by atoms with E-state index in [1.165, 1.54) is 57.8 Å². The molecule has 22 heavy (non-hydrogen) atoms. The minimum atomic E-state index is 0.441. The predicted molar refractivity (Wildman–Crippen MR) is 93.3 cm³/mol. The summed E-state index contributed by atoms with van der Waals surface area (Å²) < 4.78 is 5.26. The number of hydrogen-bond donors (Lipinski definition) is 2. The van der Waals surface area contributed by atoms with Crippen molar-refractivity contribution in [2.75, 3.05) is 33.9 Å². The first-order valence-electron chi connectivity index (χ1n) is 9.21. The molecule has 0 radical (unpaired) electrons. The van der Waals surface area contributed by atoms with Gasteiger partial charge in [0.25, 0.3) is 0 Å². The Morgan fingerprint density at radius 2 is 1.91 bits per heavy atom. The number of nitrogens with one attached hydrogen (secondary N) is 2. The van der Waals surface area contributed by atoms with E-state index in [1.807, 2.05) is 7.05 Å². The Labute approximate surface area is 136 Å². The molecule has 4 heteroatoms. The van der Waals surface area contributed by atoms with Crippen LogP contribution < -0.4 is 10.6 Å². The summed E-state index contributed by atoms with van der Waals surface area (Å²) in [7, 11) is 3.67. The molecule has 0 heterocycles. The maximum Gasteiger partial charge on any atom is 0.190 e. The van der Waals surface area contributed by atoms with Crippen LogP contribution >= 0.6 is 0 Å². The molecular formula is C18H35N3O. The number of ether oxygens (including phenoxy) is 1. The molecule has 0 aromatic rings. The van der Waals surface area contributed by atoms with Crippen molar-refractivity contribution in [3.8, 4) is 0 Å². The smallest absolute Gasteiger partial charge is 0.190 e. The van der Waals surface area contributed by atoms with Gasteiger partial charge in [-0.1, -0.05) is 38.5 Å². The van der Waals surface area contributed by atoms with E-state index >= 15 is 0 Å². The first-order chi connectivity index (χ1) is 10.8. The highest BCUT2D eigenvalue weighted by molar-refractivity contribution is 5.79. The van der Waals surface area contributed by atoms with E-state index in [0.29, 0.717) is 5.41 Å². The van der Waals surface area contributed by atoms with Crippen LogP contribution in [0, 0.1) is 11.3 Å². The number of hydrogen-bond acceptors (Lipinski definition) is 2. The van der Waals surface area contributed by atoms with Gasteiger partial charge in [0.1, 0.15) is 0 Å². The number of nitrogens with zero attached hydrogens (tertiary/aromatic N) is 1. The van der Waals surface area contributed by atoms with Gasteiger partial charge < -0.3 is 15.4 Å². The third-order valence-electron chi connectivity index (χ3n) is 5.67. The normalized spacial score (nSPS) is 22.2. The molecule has 0 atom stereocenters. The van der Waals surface area contributed by atoms with Gasteiger partial charge >= 0.3 is 0 Å². The Morgan fingerprint density at radius 3 is 2.50 bits per heavy atom. The summed E-state index contributed by atoms with van der Waals surface area (Å²) in [6.45, 7) is 2.95. The summed E-state index contributed by atoms with van der Waals surface area (Å²) in [5.74, 6) is 1.90. The quantitative estimate of drug-likeness (QED) is 0.534. The van der Waals surface area contributed by atoms with E-state index in [9.17, 15) is 0 Å². The monoisotopic (exact) mass is 309 g/mol. The third kappa shape index (κ3) is 5.45. The number of aliphatic imine (C=N–C) groups is 1. The molecule has 2 rings (SSSR count). The SMILES string of the molecule is CN=C(NCCC1CCCCC1)NCC1(CCOC)CCC1. The first kappa shape index (κ1) is 17.6. The van der Waals surface area contributed by atoms with Crippen LogP contribution in [0.25, 0.3) is 0 Å². The molecule has 0 unspecified atom stereocenters. The second-order valence-corrected chi connectivity index (χ2v) is 7.24. The van der Waals surface area contributed by atoms with Crippen molar-refractivity contribution in [3.63, 3.8) is 0 Å². The fraction of sp³-hybridized carbons (Fsp3) is 0.944. The zero-order valence-electron chi connectivity index (χ0n) is 14.6. The van der Waals surface area contributed by atoms with E-state index in [2.05, 4.69) is 15.6 Å². The van der Waals surface area contributed by atoms with Crippen molar-refractivity contribution in [1.82, 2.24) is 10.6 Å². The fourth-order valence-electron chi connectivity index (χ4n) is 3.87. The molecule has 2 saturated carbocycles. The van der Waals surface area contributed by atoms with Gasteiger partial charge in [0, 0.05) is 33.9 Å². The Kier molecular flexibility index (Phi) is 7.50. The van der Waals surface area contributed by atoms with Crippen LogP contribution in [0.2, 0.25) is 0 Å². The molecule has 0 amide bonds. The third-order valence-corrected chi connectivity index (χ3v) is 5.67. The molecule has 0 aliphatic heterocycles. The first-order valence-corrected chi connectivity index (χ1v) is 9.21. The molecule has 2 fully saturated rings. The van der Waals surface area contributed by atoms with Gasteiger partial charge in [-0.3, -0.25) is 4.99 Å². The lowest BCUT2D eigenvalue weighted by atomic mass is 9.67. The van der Waals surface area contributed by atoms with Gasteiger partial charge in [-0.15, -0.1) is 0 Å². The lowest BCUT2D eigenvalue weighted by Crippen LogP contribution is -2.47. The predicted octanol–water partition coefficient (Wildman–Crippen LogP) is 3.33. The Balaban J connectivity index is 1.64. The van der Waals surface area contributed by atoms with Crippen LogP contribution in [0.4, 0.5) is 0 Å². The molecule has 0 bridgehead atoms. The number of guanidine groups is 1. The van der Waals surface area contributed by atoms with Gasteiger partial charge in [0.2, 0.25) is 0 Å². The molecule has 0 aromatic heterocycles. The molecule has 2 aliphatic rings. The van der Waals surface area contributed by atoms with Crippen LogP contribution in [-0.4, -0.2) is 39.8 Å². The molecule has 0 saturated heterocycles. The molecule has 2 N–H and O–H groups in total. The van der Waals surface area contributed by atoms with E-state index in [-0.39, 0.29) is 0 Å². The molecular weight excluding hydrogens is 274 g/mol. The zero-order valence-corrected chi connectivity index (χ0v) is 14.6. The van der Waals surface area contributed by atoms with Crippen LogP contribution in [-0.2, 0) is 4.74 Å². The van der Waals surface area contributed by atoms with Crippen LogP contribution in [0.1, 0.15) is 64.2 Å². The Hall–Kier alpha value is -0.770. The molecule has 2 aliphatic carbocycles. The van der Waals surface area contributed by atoms with Gasteiger partial charge in [-0.25, -0.2) is 0 Å². The lowest BCUT2D eigenvalue weighted by molar-refractivity contribution is 0.0732. The van der Waals surface area contributed by atoms with Crippen molar-refractivity contribution < 1.29 is 4.74 Å². The van der Waals surface area contributed by atoms with Crippen LogP contribution in [0.15, 0.2) is 4.99 Å². The van der Waals surface area contributed by atoms with Crippen molar-refractivity contribution in [2.45, 2.75) is 64.2 Å². The minimum Gasteiger partial charge on any atom is -0.385 e. The second kappa shape index (κ2) is 9.39. The summed E-state index contributed by atoms with van der Waals surface area (Å²) in [5.41, 5.74) is 0.441. The summed E-state index contributed by atoms with van der Waals surface area (Å²) in [6, 6.07) is 0. The fourth-order valence-corrected chi connectivity index (χ4v) is 3.87. The van der Waals surface area contributed by atoms with Gasteiger partial charge in [0.15, 0.2) is 5.96 Å². The second-order valence-electron chi connectivity index (χ2n) is 7.24. The van der Waals surface area contributed by atoms with Gasteiger partial charge in [-0.05, 0) is 37.0 Å². The lowest BCUT2D eigenvalue weighted by Gasteiger charge is -2.42. The van der Waals surface area contributed by atoms with Gasteiger partial charge in [0.05, 0.1) is 0 Å². The molecule has 128 valence electrons. The topological polar surface area (TPSA) is 45.7 Å². The van der Waals surface area contributed by atoms with Crippen LogP contribution in [0.5, 0.6) is 0 Å². The number of rotatable bonds is 8. The van der Waals surface area contributed by atoms with Crippen molar-refractivity contribution >= 4 is 5.96 Å². The van der Waals surface area contributed by atoms with E-state index in [1.54, 1.807) is 7.11 Å². The highest BCUT2D eigenvalue weighted by Crippen LogP contribution is 2.43. The van der Waals surface area contributed by atoms with Crippen molar-refractivity contribution in [2.24, 2.45) is 16.3 Å². The van der Waals surface area contributed by atoms with E-state index in [0.717, 1.165) is 38.0 Å². The van der Waals surface area contributed by atoms with Gasteiger partial charge in [-0.2, -0.15) is 0 Å². The average molecular weight is 309 g/mol. The van der Waals surface area contributed by atoms with Crippen molar-refractivity contribution in [1.29, 1.82) is 0 Å². The number of methoxy groups -OCH3 is 1. The van der Waals surface area contributed by atoms with Crippen LogP contribution in [0.3, 0.4) is 0 Å². The summed E-state index contributed by atoms with van der Waals surface area (Å²) in [4.78, 5) is 4.38. The largest absolute Gasteiger partial charge is 0.385 e. The van der Waals surface area contributed by atoms with E-state index in [4.69, 9.17) is 4.74 Å². The maximum atomic E-state index is 5.26. The maximum absolute atomic E-state index is 5.26.